The Morgan fingerprint density at radius 3 is 2.43 bits per heavy atom. The van der Waals surface area contributed by atoms with Crippen molar-refractivity contribution in [1.82, 2.24) is 24.9 Å². The van der Waals surface area contributed by atoms with E-state index in [2.05, 4.69) is 15.5 Å². The number of hydrogen-bond acceptors (Lipinski definition) is 3. The third-order valence-electron chi connectivity index (χ3n) is 3.45. The van der Waals surface area contributed by atoms with E-state index in [1.165, 1.54) is 11.6 Å². The van der Waals surface area contributed by atoms with Crippen LogP contribution in [-0.4, -0.2) is 25.5 Å². The van der Waals surface area contributed by atoms with Crippen LogP contribution in [0.25, 0.3) is 0 Å². The van der Waals surface area contributed by atoms with Crippen molar-refractivity contribution < 1.29 is 18.0 Å². The molecule has 0 aliphatic carbocycles. The summed E-state index contributed by atoms with van der Waals surface area (Å²) in [6, 6.07) is 2.82. The molecule has 0 fully saturated rings. The number of aromatic nitrogens is 4. The molecule has 23 heavy (non-hydrogen) atoms. The molecule has 0 bridgehead atoms. The van der Waals surface area contributed by atoms with Crippen molar-refractivity contribution in [2.45, 2.75) is 39.5 Å². The molecule has 0 saturated heterocycles. The van der Waals surface area contributed by atoms with E-state index in [0.717, 1.165) is 17.5 Å². The van der Waals surface area contributed by atoms with Crippen LogP contribution in [-0.2, 0) is 31.1 Å². The number of rotatable bonds is 5. The van der Waals surface area contributed by atoms with E-state index in [1.54, 1.807) is 11.7 Å². The monoisotopic (exact) mass is 329 g/mol. The number of nitrogens with zero attached hydrogens (tertiary/aromatic N) is 4. The van der Waals surface area contributed by atoms with Crippen LogP contribution < -0.4 is 5.32 Å². The summed E-state index contributed by atoms with van der Waals surface area (Å²) in [5, 5.41) is 10.4. The molecule has 1 amide bonds. The van der Waals surface area contributed by atoms with Gasteiger partial charge < -0.3 is 5.32 Å². The van der Waals surface area contributed by atoms with Gasteiger partial charge in [-0.2, -0.15) is 23.4 Å². The number of aryl methyl sites for hydroxylation is 4. The molecule has 2 aromatic heterocycles. The summed E-state index contributed by atoms with van der Waals surface area (Å²) in [5.41, 5.74) is 1.12. The van der Waals surface area contributed by atoms with Crippen molar-refractivity contribution in [1.29, 1.82) is 0 Å². The number of alkyl halides is 3. The highest BCUT2D eigenvalue weighted by molar-refractivity contribution is 5.75. The van der Waals surface area contributed by atoms with Crippen LogP contribution >= 0.6 is 0 Å². The predicted molar refractivity (Wildman–Crippen MR) is 76.4 cm³/mol. The number of amides is 1. The van der Waals surface area contributed by atoms with E-state index >= 15 is 0 Å². The van der Waals surface area contributed by atoms with Crippen LogP contribution in [0, 0.1) is 13.8 Å². The highest BCUT2D eigenvalue weighted by Gasteiger charge is 2.34. The molecule has 0 aliphatic rings. The Hall–Kier alpha value is -2.32. The van der Waals surface area contributed by atoms with Gasteiger partial charge in [-0.25, -0.2) is 0 Å². The molecule has 0 radical (unpaired) electrons. The van der Waals surface area contributed by atoms with Gasteiger partial charge in [-0.15, -0.1) is 0 Å². The first kappa shape index (κ1) is 17.0. The summed E-state index contributed by atoms with van der Waals surface area (Å²) in [7, 11) is 1.80. The molecule has 9 heteroatoms. The van der Waals surface area contributed by atoms with E-state index < -0.39 is 11.9 Å². The predicted octanol–water partition coefficient (Wildman–Crippen LogP) is 1.96. The zero-order valence-corrected chi connectivity index (χ0v) is 13.1. The Morgan fingerprint density at radius 2 is 1.91 bits per heavy atom. The maximum Gasteiger partial charge on any atom is 0.435 e. The van der Waals surface area contributed by atoms with Crippen LogP contribution in [0.15, 0.2) is 12.1 Å². The average Bonchev–Trinajstić information content (AvgIpc) is 2.97. The molecule has 0 atom stereocenters. The van der Waals surface area contributed by atoms with Gasteiger partial charge in [0.15, 0.2) is 5.69 Å². The minimum atomic E-state index is -4.48. The largest absolute Gasteiger partial charge is 0.435 e. The second-order valence-electron chi connectivity index (χ2n) is 5.32. The molecule has 2 aromatic rings. The minimum Gasteiger partial charge on any atom is -0.350 e. The maximum atomic E-state index is 12.6. The van der Waals surface area contributed by atoms with Crippen molar-refractivity contribution in [2.24, 2.45) is 7.05 Å². The van der Waals surface area contributed by atoms with Gasteiger partial charge >= 0.3 is 6.18 Å². The van der Waals surface area contributed by atoms with Crippen molar-refractivity contribution in [3.63, 3.8) is 0 Å². The zero-order valence-electron chi connectivity index (χ0n) is 13.1. The topological polar surface area (TPSA) is 64.7 Å². The normalized spacial score (nSPS) is 11.7. The molecule has 0 aliphatic heterocycles. The van der Waals surface area contributed by atoms with Crippen LogP contribution in [0.1, 0.15) is 29.2 Å². The molecular formula is C14H18F3N5O. The molecule has 0 unspecified atom stereocenters. The second-order valence-corrected chi connectivity index (χ2v) is 5.32. The number of nitrogens with one attached hydrogen (secondary N) is 1. The van der Waals surface area contributed by atoms with E-state index in [9.17, 15) is 18.0 Å². The Balaban J connectivity index is 1.86. The lowest BCUT2D eigenvalue weighted by atomic mass is 10.3. The Labute approximate surface area is 131 Å². The highest BCUT2D eigenvalue weighted by atomic mass is 19.4. The van der Waals surface area contributed by atoms with Gasteiger partial charge in [0.2, 0.25) is 5.91 Å². The van der Waals surface area contributed by atoms with Gasteiger partial charge in [-0.3, -0.25) is 14.2 Å². The molecule has 1 N–H and O–H groups in total. The highest BCUT2D eigenvalue weighted by Crippen LogP contribution is 2.28. The molecule has 0 saturated carbocycles. The van der Waals surface area contributed by atoms with Gasteiger partial charge in [-0.05, 0) is 26.0 Å². The van der Waals surface area contributed by atoms with Gasteiger partial charge in [-0.1, -0.05) is 0 Å². The molecule has 2 rings (SSSR count). The fourth-order valence-electron chi connectivity index (χ4n) is 2.08. The smallest absolute Gasteiger partial charge is 0.350 e. The number of hydrogen-bond donors (Lipinski definition) is 1. The number of carbonyl (C=O) groups is 1. The van der Waals surface area contributed by atoms with Gasteiger partial charge in [0.25, 0.3) is 0 Å². The molecule has 6 nitrogen and oxygen atoms in total. The summed E-state index contributed by atoms with van der Waals surface area (Å²) in [5.74, 6) is -0.267. The Kier molecular flexibility index (Phi) is 4.76. The Morgan fingerprint density at radius 1 is 1.22 bits per heavy atom. The summed E-state index contributed by atoms with van der Waals surface area (Å²) < 4.78 is 40.6. The molecule has 0 aromatic carbocycles. The molecule has 2 heterocycles. The SMILES string of the molecule is Cc1cc(CNC(=O)CCn2nc(C(F)(F)F)cc2C)nn1C. The van der Waals surface area contributed by atoms with Crippen LogP contribution in [0.2, 0.25) is 0 Å². The van der Waals surface area contributed by atoms with Crippen molar-refractivity contribution in [2.75, 3.05) is 0 Å². The summed E-state index contributed by atoms with van der Waals surface area (Å²) in [6.07, 6.45) is -4.43. The van der Waals surface area contributed by atoms with Crippen molar-refractivity contribution in [3.05, 3.63) is 34.9 Å². The number of carbonyl (C=O) groups excluding carboxylic acids is 1. The Bertz CT molecular complexity index is 682. The molecule has 126 valence electrons. The molecule has 0 spiro atoms. The zero-order chi connectivity index (χ0) is 17.2. The van der Waals surface area contributed by atoms with Gasteiger partial charge in [0.05, 0.1) is 12.2 Å². The average molecular weight is 329 g/mol. The fraction of sp³-hybridized carbons (Fsp3) is 0.500. The number of halogens is 3. The summed E-state index contributed by atoms with van der Waals surface area (Å²) >= 11 is 0. The van der Waals surface area contributed by atoms with Gasteiger partial charge in [0, 0.05) is 31.4 Å². The molecular weight excluding hydrogens is 311 g/mol. The van der Waals surface area contributed by atoms with E-state index in [1.807, 2.05) is 13.0 Å². The lowest BCUT2D eigenvalue weighted by Crippen LogP contribution is -2.24. The minimum absolute atomic E-state index is 0.0473. The summed E-state index contributed by atoms with van der Waals surface area (Å²) in [6.45, 7) is 3.80. The van der Waals surface area contributed by atoms with E-state index in [4.69, 9.17) is 0 Å². The lowest BCUT2D eigenvalue weighted by Gasteiger charge is -2.06. The van der Waals surface area contributed by atoms with Crippen molar-refractivity contribution >= 4 is 5.91 Å². The quantitative estimate of drug-likeness (QED) is 0.912. The van der Waals surface area contributed by atoms with Crippen molar-refractivity contribution in [3.8, 4) is 0 Å². The van der Waals surface area contributed by atoms with Crippen LogP contribution in [0.4, 0.5) is 13.2 Å². The summed E-state index contributed by atoms with van der Waals surface area (Å²) in [4.78, 5) is 11.8. The first-order chi connectivity index (χ1) is 10.7. The van der Waals surface area contributed by atoms with E-state index in [0.29, 0.717) is 5.69 Å². The first-order valence-electron chi connectivity index (χ1n) is 7.04. The second kappa shape index (κ2) is 6.43. The first-order valence-corrected chi connectivity index (χ1v) is 7.04. The van der Waals surface area contributed by atoms with E-state index in [-0.39, 0.29) is 25.4 Å². The fourth-order valence-corrected chi connectivity index (χ4v) is 2.08. The third-order valence-corrected chi connectivity index (χ3v) is 3.45. The lowest BCUT2D eigenvalue weighted by molar-refractivity contribution is -0.141. The van der Waals surface area contributed by atoms with Crippen LogP contribution in [0.5, 0.6) is 0 Å². The van der Waals surface area contributed by atoms with Crippen LogP contribution in [0.3, 0.4) is 0 Å². The standard InChI is InChI=1S/C14H18F3N5O/c1-9-6-11(19-21(9)3)8-18-13(23)4-5-22-10(2)7-12(20-22)14(15,16)17/h6-7H,4-5,8H2,1-3H3,(H,18,23). The van der Waals surface area contributed by atoms with Gasteiger partial charge in [0.1, 0.15) is 0 Å². The third kappa shape index (κ3) is 4.33. The maximum absolute atomic E-state index is 12.6.